The van der Waals surface area contributed by atoms with E-state index >= 15 is 0 Å². The average Bonchev–Trinajstić information content (AvgIpc) is 3.06. The molecule has 6 heteroatoms. The van der Waals surface area contributed by atoms with E-state index in [4.69, 9.17) is 4.74 Å². The van der Waals surface area contributed by atoms with Crippen LogP contribution in [-0.4, -0.2) is 26.5 Å². The lowest BCUT2D eigenvalue weighted by Crippen LogP contribution is -2.32. The summed E-state index contributed by atoms with van der Waals surface area (Å²) in [4.78, 5) is 21.1. The van der Waals surface area contributed by atoms with Crippen LogP contribution >= 0.6 is 0 Å². The highest BCUT2D eigenvalue weighted by molar-refractivity contribution is 5.94. The van der Waals surface area contributed by atoms with E-state index in [0.717, 1.165) is 17.2 Å². The van der Waals surface area contributed by atoms with Gasteiger partial charge in [0.25, 0.3) is 5.91 Å². The van der Waals surface area contributed by atoms with Gasteiger partial charge >= 0.3 is 0 Å². The molecular weight excluding hydrogens is 328 g/mol. The third-order valence-electron chi connectivity index (χ3n) is 4.02. The Morgan fingerprint density at radius 3 is 2.69 bits per heavy atom. The van der Waals surface area contributed by atoms with Gasteiger partial charge in [0, 0.05) is 12.4 Å². The molecule has 0 aliphatic heterocycles. The predicted molar refractivity (Wildman–Crippen MR) is 101 cm³/mol. The van der Waals surface area contributed by atoms with Crippen LogP contribution in [0.25, 0.3) is 5.82 Å². The van der Waals surface area contributed by atoms with Crippen molar-refractivity contribution in [2.75, 3.05) is 5.32 Å². The van der Waals surface area contributed by atoms with Crippen molar-refractivity contribution in [2.24, 2.45) is 0 Å². The number of amides is 1. The molecular formula is C20H22N4O2. The summed E-state index contributed by atoms with van der Waals surface area (Å²) in [7, 11) is 0. The summed E-state index contributed by atoms with van der Waals surface area (Å²) < 4.78 is 7.71. The van der Waals surface area contributed by atoms with E-state index in [9.17, 15) is 4.79 Å². The summed E-state index contributed by atoms with van der Waals surface area (Å²) >= 11 is 0. The molecule has 2 heterocycles. The van der Waals surface area contributed by atoms with Crippen molar-refractivity contribution in [2.45, 2.75) is 33.3 Å². The first kappa shape index (κ1) is 17.7. The summed E-state index contributed by atoms with van der Waals surface area (Å²) in [5.74, 6) is 2.10. The van der Waals surface area contributed by atoms with Crippen LogP contribution in [0.5, 0.6) is 5.75 Å². The minimum absolute atomic E-state index is 0.192. The normalized spacial score (nSPS) is 11.8. The van der Waals surface area contributed by atoms with Crippen LogP contribution in [-0.2, 0) is 4.79 Å². The SMILES string of the molecule is CCC(Oc1cccc(C)c1)C(=O)Nc1ccc(-n2ccnc2C)nc1. The quantitative estimate of drug-likeness (QED) is 0.736. The zero-order valence-corrected chi connectivity index (χ0v) is 15.1. The van der Waals surface area contributed by atoms with Gasteiger partial charge in [-0.3, -0.25) is 9.36 Å². The standard InChI is InChI=1S/C20H22N4O2/c1-4-18(26-17-7-5-6-14(2)12-17)20(25)23-16-8-9-19(22-13-16)24-11-10-21-15(24)3/h5-13,18H,4H2,1-3H3,(H,23,25). The second-order valence-corrected chi connectivity index (χ2v) is 6.07. The van der Waals surface area contributed by atoms with Gasteiger partial charge in [0.15, 0.2) is 6.10 Å². The molecule has 0 spiro atoms. The van der Waals surface area contributed by atoms with Crippen molar-refractivity contribution in [3.63, 3.8) is 0 Å². The zero-order valence-electron chi connectivity index (χ0n) is 15.1. The largest absolute Gasteiger partial charge is 0.481 e. The minimum Gasteiger partial charge on any atom is -0.481 e. The predicted octanol–water partition coefficient (Wildman–Crippen LogP) is 3.68. The summed E-state index contributed by atoms with van der Waals surface area (Å²) in [5, 5.41) is 2.86. The van der Waals surface area contributed by atoms with Crippen molar-refractivity contribution in [3.8, 4) is 11.6 Å². The molecule has 1 N–H and O–H groups in total. The van der Waals surface area contributed by atoms with Crippen LogP contribution in [0.4, 0.5) is 5.69 Å². The molecule has 0 aliphatic carbocycles. The number of pyridine rings is 1. The monoisotopic (exact) mass is 350 g/mol. The first-order valence-corrected chi connectivity index (χ1v) is 8.57. The molecule has 0 fully saturated rings. The Bertz CT molecular complexity index is 887. The summed E-state index contributed by atoms with van der Waals surface area (Å²) in [6.07, 6.45) is 5.21. The molecule has 0 saturated carbocycles. The number of ether oxygens (including phenoxy) is 1. The van der Waals surface area contributed by atoms with Gasteiger partial charge in [-0.15, -0.1) is 0 Å². The average molecular weight is 350 g/mol. The van der Waals surface area contributed by atoms with E-state index in [0.29, 0.717) is 17.9 Å². The third-order valence-corrected chi connectivity index (χ3v) is 4.02. The molecule has 2 aromatic heterocycles. The molecule has 6 nitrogen and oxygen atoms in total. The van der Waals surface area contributed by atoms with Crippen LogP contribution in [0.1, 0.15) is 24.7 Å². The summed E-state index contributed by atoms with van der Waals surface area (Å²) in [5.41, 5.74) is 1.72. The fraction of sp³-hybridized carbons (Fsp3) is 0.250. The molecule has 26 heavy (non-hydrogen) atoms. The van der Waals surface area contributed by atoms with Gasteiger partial charge in [-0.25, -0.2) is 9.97 Å². The van der Waals surface area contributed by atoms with E-state index in [1.54, 1.807) is 12.4 Å². The Morgan fingerprint density at radius 2 is 2.08 bits per heavy atom. The number of nitrogens with one attached hydrogen (secondary N) is 1. The second kappa shape index (κ2) is 7.82. The maximum atomic E-state index is 12.5. The Balaban J connectivity index is 1.67. The van der Waals surface area contributed by atoms with Gasteiger partial charge in [0.2, 0.25) is 0 Å². The van der Waals surface area contributed by atoms with Gasteiger partial charge in [-0.05, 0) is 50.1 Å². The topological polar surface area (TPSA) is 69.0 Å². The van der Waals surface area contributed by atoms with Crippen LogP contribution in [0.2, 0.25) is 0 Å². The maximum absolute atomic E-state index is 12.5. The lowest BCUT2D eigenvalue weighted by Gasteiger charge is -2.17. The molecule has 1 unspecified atom stereocenters. The molecule has 1 atom stereocenters. The number of aromatic nitrogens is 3. The van der Waals surface area contributed by atoms with Crippen molar-refractivity contribution >= 4 is 11.6 Å². The molecule has 1 aromatic carbocycles. The smallest absolute Gasteiger partial charge is 0.265 e. The highest BCUT2D eigenvalue weighted by atomic mass is 16.5. The number of benzene rings is 1. The van der Waals surface area contributed by atoms with Crippen LogP contribution in [0.3, 0.4) is 0 Å². The molecule has 0 bridgehead atoms. The second-order valence-electron chi connectivity index (χ2n) is 6.07. The molecule has 3 aromatic rings. The molecule has 0 aliphatic rings. The number of hydrogen-bond acceptors (Lipinski definition) is 4. The number of imidazole rings is 1. The number of anilines is 1. The maximum Gasteiger partial charge on any atom is 0.265 e. The number of hydrogen-bond donors (Lipinski definition) is 1. The van der Waals surface area contributed by atoms with Crippen molar-refractivity contribution in [1.29, 1.82) is 0 Å². The fourth-order valence-corrected chi connectivity index (χ4v) is 2.62. The molecule has 134 valence electrons. The van der Waals surface area contributed by atoms with Gasteiger partial charge in [0.1, 0.15) is 17.4 Å². The van der Waals surface area contributed by atoms with E-state index in [1.807, 2.05) is 67.9 Å². The minimum atomic E-state index is -0.563. The molecule has 3 rings (SSSR count). The lowest BCUT2D eigenvalue weighted by molar-refractivity contribution is -0.122. The Hall–Kier alpha value is -3.15. The first-order valence-electron chi connectivity index (χ1n) is 8.57. The fourth-order valence-electron chi connectivity index (χ4n) is 2.62. The number of carbonyl (C=O) groups excluding carboxylic acids is 1. The zero-order chi connectivity index (χ0) is 18.5. The van der Waals surface area contributed by atoms with Gasteiger partial charge in [-0.1, -0.05) is 19.1 Å². The number of rotatable bonds is 6. The lowest BCUT2D eigenvalue weighted by atomic mass is 10.2. The summed E-state index contributed by atoms with van der Waals surface area (Å²) in [6.45, 7) is 5.82. The highest BCUT2D eigenvalue weighted by Crippen LogP contribution is 2.17. The van der Waals surface area contributed by atoms with Crippen molar-refractivity contribution in [3.05, 3.63) is 66.4 Å². The summed E-state index contributed by atoms with van der Waals surface area (Å²) in [6, 6.07) is 11.3. The van der Waals surface area contributed by atoms with Crippen molar-refractivity contribution in [1.82, 2.24) is 14.5 Å². The van der Waals surface area contributed by atoms with E-state index in [-0.39, 0.29) is 5.91 Å². The van der Waals surface area contributed by atoms with Crippen molar-refractivity contribution < 1.29 is 9.53 Å². The number of carbonyl (C=O) groups is 1. The van der Waals surface area contributed by atoms with Gasteiger partial charge in [0.05, 0.1) is 11.9 Å². The first-order chi connectivity index (χ1) is 12.6. The number of nitrogens with zero attached hydrogens (tertiary/aromatic N) is 3. The number of aryl methyl sites for hydroxylation is 2. The van der Waals surface area contributed by atoms with Gasteiger partial charge < -0.3 is 10.1 Å². The van der Waals surface area contributed by atoms with E-state index in [2.05, 4.69) is 15.3 Å². The molecule has 0 radical (unpaired) electrons. The Kier molecular flexibility index (Phi) is 5.31. The van der Waals surface area contributed by atoms with E-state index < -0.39 is 6.10 Å². The Labute approximate surface area is 152 Å². The van der Waals surface area contributed by atoms with Crippen LogP contribution in [0.15, 0.2) is 55.0 Å². The molecule has 1 amide bonds. The third kappa shape index (κ3) is 4.08. The van der Waals surface area contributed by atoms with Gasteiger partial charge in [-0.2, -0.15) is 0 Å². The van der Waals surface area contributed by atoms with Crippen LogP contribution in [0, 0.1) is 13.8 Å². The van der Waals surface area contributed by atoms with Crippen LogP contribution < -0.4 is 10.1 Å². The molecule has 0 saturated heterocycles. The Morgan fingerprint density at radius 1 is 1.23 bits per heavy atom. The van der Waals surface area contributed by atoms with E-state index in [1.165, 1.54) is 0 Å². The highest BCUT2D eigenvalue weighted by Gasteiger charge is 2.18.